The van der Waals surface area contributed by atoms with Crippen LogP contribution in [-0.4, -0.2) is 49.8 Å². The molecule has 1 aliphatic heterocycles. The standard InChI is InChI=1S/C13H26N2O/c1-10(2)11-9-15(8-7-14-11)12-5-4-6-13(12)16-3/h10-14H,4-9H2,1-3H3. The van der Waals surface area contributed by atoms with Gasteiger partial charge in [0.05, 0.1) is 6.10 Å². The van der Waals surface area contributed by atoms with Gasteiger partial charge >= 0.3 is 0 Å². The molecule has 0 amide bonds. The monoisotopic (exact) mass is 226 g/mol. The van der Waals surface area contributed by atoms with E-state index in [-0.39, 0.29) is 0 Å². The number of ether oxygens (including phenoxy) is 1. The zero-order chi connectivity index (χ0) is 11.5. The summed E-state index contributed by atoms with van der Waals surface area (Å²) in [4.78, 5) is 2.66. The Balaban J connectivity index is 1.93. The van der Waals surface area contributed by atoms with E-state index in [1.54, 1.807) is 0 Å². The Bertz CT molecular complexity index is 220. The minimum absolute atomic E-state index is 0.478. The highest BCUT2D eigenvalue weighted by Crippen LogP contribution is 2.27. The van der Waals surface area contributed by atoms with E-state index in [4.69, 9.17) is 4.74 Å². The second kappa shape index (κ2) is 5.48. The van der Waals surface area contributed by atoms with Gasteiger partial charge in [0, 0.05) is 38.8 Å². The number of methoxy groups -OCH3 is 1. The predicted octanol–water partition coefficient (Wildman–Crippen LogP) is 1.48. The first-order valence-corrected chi connectivity index (χ1v) is 6.72. The van der Waals surface area contributed by atoms with Crippen molar-refractivity contribution in [3.8, 4) is 0 Å². The zero-order valence-corrected chi connectivity index (χ0v) is 10.9. The zero-order valence-electron chi connectivity index (χ0n) is 10.9. The molecule has 0 aromatic heterocycles. The van der Waals surface area contributed by atoms with Gasteiger partial charge < -0.3 is 10.1 Å². The summed E-state index contributed by atoms with van der Waals surface area (Å²) in [6.45, 7) is 8.14. The van der Waals surface area contributed by atoms with Crippen molar-refractivity contribution >= 4 is 0 Å². The van der Waals surface area contributed by atoms with E-state index in [9.17, 15) is 0 Å². The Kier molecular flexibility index (Phi) is 4.22. The molecule has 2 rings (SSSR count). The van der Waals surface area contributed by atoms with Crippen LogP contribution in [0.3, 0.4) is 0 Å². The third-order valence-electron chi connectivity index (χ3n) is 4.23. The Morgan fingerprint density at radius 3 is 2.81 bits per heavy atom. The van der Waals surface area contributed by atoms with Crippen LogP contribution in [-0.2, 0) is 4.74 Å². The van der Waals surface area contributed by atoms with Crippen molar-refractivity contribution in [2.75, 3.05) is 26.7 Å². The Morgan fingerprint density at radius 1 is 1.31 bits per heavy atom. The number of hydrogen-bond acceptors (Lipinski definition) is 3. The minimum Gasteiger partial charge on any atom is -0.380 e. The van der Waals surface area contributed by atoms with Crippen molar-refractivity contribution in [3.05, 3.63) is 0 Å². The molecule has 1 aliphatic carbocycles. The molecular weight excluding hydrogens is 200 g/mol. The Morgan fingerprint density at radius 2 is 2.12 bits per heavy atom. The highest BCUT2D eigenvalue weighted by Gasteiger charge is 2.34. The summed E-state index contributed by atoms with van der Waals surface area (Å²) in [7, 11) is 1.87. The number of nitrogens with one attached hydrogen (secondary N) is 1. The van der Waals surface area contributed by atoms with Gasteiger partial charge in [-0.25, -0.2) is 0 Å². The molecule has 3 unspecified atom stereocenters. The fourth-order valence-electron chi connectivity index (χ4n) is 3.15. The van der Waals surface area contributed by atoms with Crippen LogP contribution in [0.2, 0.25) is 0 Å². The molecule has 3 nitrogen and oxygen atoms in total. The molecule has 0 aromatic rings. The molecule has 0 spiro atoms. The van der Waals surface area contributed by atoms with Gasteiger partial charge in [0.15, 0.2) is 0 Å². The lowest BCUT2D eigenvalue weighted by Gasteiger charge is -2.40. The van der Waals surface area contributed by atoms with E-state index in [0.29, 0.717) is 18.2 Å². The smallest absolute Gasteiger partial charge is 0.0726 e. The maximum Gasteiger partial charge on any atom is 0.0726 e. The summed E-state index contributed by atoms with van der Waals surface area (Å²) < 4.78 is 5.61. The van der Waals surface area contributed by atoms with E-state index in [2.05, 4.69) is 24.1 Å². The molecule has 94 valence electrons. The average Bonchev–Trinajstić information content (AvgIpc) is 2.77. The molecule has 2 fully saturated rings. The van der Waals surface area contributed by atoms with Crippen molar-refractivity contribution in [3.63, 3.8) is 0 Å². The SMILES string of the molecule is COC1CCCC1N1CCNC(C(C)C)C1. The van der Waals surface area contributed by atoms with Crippen LogP contribution in [0.25, 0.3) is 0 Å². The lowest BCUT2D eigenvalue weighted by atomic mass is 10.00. The maximum atomic E-state index is 5.61. The first-order valence-electron chi connectivity index (χ1n) is 6.72. The number of hydrogen-bond donors (Lipinski definition) is 1. The molecule has 0 radical (unpaired) electrons. The third kappa shape index (κ3) is 2.58. The quantitative estimate of drug-likeness (QED) is 0.789. The van der Waals surface area contributed by atoms with Crippen molar-refractivity contribution in [1.29, 1.82) is 0 Å². The van der Waals surface area contributed by atoms with Crippen LogP contribution >= 0.6 is 0 Å². The molecule has 1 saturated carbocycles. The number of nitrogens with zero attached hydrogens (tertiary/aromatic N) is 1. The van der Waals surface area contributed by atoms with Gasteiger partial charge in [-0.05, 0) is 25.2 Å². The van der Waals surface area contributed by atoms with Crippen LogP contribution in [0.5, 0.6) is 0 Å². The van der Waals surface area contributed by atoms with Gasteiger partial charge in [0.25, 0.3) is 0 Å². The largest absolute Gasteiger partial charge is 0.380 e. The first-order chi connectivity index (χ1) is 7.72. The van der Waals surface area contributed by atoms with Gasteiger partial charge in [-0.15, -0.1) is 0 Å². The molecule has 3 atom stereocenters. The lowest BCUT2D eigenvalue weighted by Crippen LogP contribution is -2.57. The summed E-state index contributed by atoms with van der Waals surface area (Å²) >= 11 is 0. The number of piperazine rings is 1. The predicted molar refractivity (Wildman–Crippen MR) is 66.6 cm³/mol. The molecule has 1 N–H and O–H groups in total. The molecule has 0 aromatic carbocycles. The summed E-state index contributed by atoms with van der Waals surface area (Å²) in [5.41, 5.74) is 0. The van der Waals surface area contributed by atoms with Gasteiger partial charge in [-0.3, -0.25) is 4.90 Å². The van der Waals surface area contributed by atoms with Crippen molar-refractivity contribution in [2.24, 2.45) is 5.92 Å². The second-order valence-electron chi connectivity index (χ2n) is 5.57. The van der Waals surface area contributed by atoms with E-state index in [0.717, 1.165) is 12.5 Å². The molecule has 1 heterocycles. The van der Waals surface area contributed by atoms with E-state index in [1.807, 2.05) is 7.11 Å². The number of rotatable bonds is 3. The summed E-state index contributed by atoms with van der Waals surface area (Å²) in [5, 5.41) is 3.62. The van der Waals surface area contributed by atoms with Crippen molar-refractivity contribution in [1.82, 2.24) is 10.2 Å². The Labute approximate surface area is 99.5 Å². The summed E-state index contributed by atoms with van der Waals surface area (Å²) in [6.07, 6.45) is 4.38. The second-order valence-corrected chi connectivity index (χ2v) is 5.57. The fourth-order valence-corrected chi connectivity index (χ4v) is 3.15. The van der Waals surface area contributed by atoms with Crippen LogP contribution in [0.1, 0.15) is 33.1 Å². The third-order valence-corrected chi connectivity index (χ3v) is 4.23. The molecule has 16 heavy (non-hydrogen) atoms. The minimum atomic E-state index is 0.478. The Hall–Kier alpha value is -0.120. The van der Waals surface area contributed by atoms with Gasteiger partial charge in [-0.1, -0.05) is 13.8 Å². The van der Waals surface area contributed by atoms with Crippen LogP contribution in [0, 0.1) is 5.92 Å². The summed E-state index contributed by atoms with van der Waals surface area (Å²) in [6, 6.07) is 1.33. The van der Waals surface area contributed by atoms with Gasteiger partial charge in [-0.2, -0.15) is 0 Å². The van der Waals surface area contributed by atoms with E-state index in [1.165, 1.54) is 32.4 Å². The summed E-state index contributed by atoms with van der Waals surface area (Å²) in [5.74, 6) is 0.727. The maximum absolute atomic E-state index is 5.61. The normalized spacial score (nSPS) is 37.1. The molecular formula is C13H26N2O. The first kappa shape index (κ1) is 12.3. The van der Waals surface area contributed by atoms with E-state index >= 15 is 0 Å². The van der Waals surface area contributed by atoms with Crippen molar-refractivity contribution < 1.29 is 4.74 Å². The van der Waals surface area contributed by atoms with Crippen LogP contribution in [0.15, 0.2) is 0 Å². The van der Waals surface area contributed by atoms with Gasteiger partial charge in [0.2, 0.25) is 0 Å². The topological polar surface area (TPSA) is 24.5 Å². The van der Waals surface area contributed by atoms with Crippen LogP contribution < -0.4 is 5.32 Å². The average molecular weight is 226 g/mol. The highest BCUT2D eigenvalue weighted by atomic mass is 16.5. The molecule has 0 bridgehead atoms. The highest BCUT2D eigenvalue weighted by molar-refractivity contribution is 4.91. The van der Waals surface area contributed by atoms with Crippen LogP contribution in [0.4, 0.5) is 0 Å². The van der Waals surface area contributed by atoms with Crippen molar-refractivity contribution in [2.45, 2.75) is 51.3 Å². The molecule has 3 heteroatoms. The van der Waals surface area contributed by atoms with E-state index < -0.39 is 0 Å². The fraction of sp³-hybridized carbons (Fsp3) is 1.00. The molecule has 1 saturated heterocycles. The molecule has 2 aliphatic rings. The lowest BCUT2D eigenvalue weighted by molar-refractivity contribution is 0.0176. The van der Waals surface area contributed by atoms with Gasteiger partial charge in [0.1, 0.15) is 0 Å².